The first-order chi connectivity index (χ1) is 9.75. The van der Waals surface area contributed by atoms with Crippen molar-refractivity contribution in [2.24, 2.45) is 7.05 Å². The molecule has 4 heteroatoms. The molecule has 1 N–H and O–H groups in total. The van der Waals surface area contributed by atoms with Crippen molar-refractivity contribution in [1.29, 1.82) is 0 Å². The van der Waals surface area contributed by atoms with Gasteiger partial charge in [0.05, 0.1) is 11.9 Å². The molecule has 4 nitrogen and oxygen atoms in total. The van der Waals surface area contributed by atoms with Crippen molar-refractivity contribution in [2.75, 3.05) is 0 Å². The maximum Gasteiger partial charge on any atom is 0.0738 e. The number of hydrogen-bond acceptors (Lipinski definition) is 3. The number of aryl methyl sites for hydroxylation is 1. The van der Waals surface area contributed by atoms with E-state index < -0.39 is 0 Å². The van der Waals surface area contributed by atoms with E-state index in [0.29, 0.717) is 0 Å². The summed E-state index contributed by atoms with van der Waals surface area (Å²) < 4.78 is 1.79. The number of rotatable bonds is 4. The predicted molar refractivity (Wildman–Crippen MR) is 80.2 cm³/mol. The van der Waals surface area contributed by atoms with E-state index in [1.54, 1.807) is 10.9 Å². The summed E-state index contributed by atoms with van der Waals surface area (Å²) in [4.78, 5) is 0. The van der Waals surface area contributed by atoms with Gasteiger partial charge in [0, 0.05) is 19.6 Å². The highest BCUT2D eigenvalue weighted by atomic mass is 15.4. The standard InChI is InChI=1S/C16H18N4/c1-12(17-10-14-11-18-19-20(14)2)15-9-5-7-13-6-3-4-8-16(13)15/h3-9,11-12,17H,10H2,1-2H3. The van der Waals surface area contributed by atoms with E-state index in [0.717, 1.165) is 12.2 Å². The molecule has 2 aromatic carbocycles. The smallest absolute Gasteiger partial charge is 0.0738 e. The van der Waals surface area contributed by atoms with E-state index in [1.807, 2.05) is 7.05 Å². The molecule has 0 amide bonds. The van der Waals surface area contributed by atoms with Crippen LogP contribution in [-0.4, -0.2) is 15.0 Å². The van der Waals surface area contributed by atoms with Crippen LogP contribution in [-0.2, 0) is 13.6 Å². The largest absolute Gasteiger partial charge is 0.304 e. The Hall–Kier alpha value is -2.20. The van der Waals surface area contributed by atoms with E-state index in [4.69, 9.17) is 0 Å². The molecular formula is C16H18N4. The second kappa shape index (κ2) is 5.43. The normalized spacial score (nSPS) is 12.7. The number of nitrogens with zero attached hydrogens (tertiary/aromatic N) is 3. The molecule has 0 aliphatic carbocycles. The summed E-state index contributed by atoms with van der Waals surface area (Å²) in [6.07, 6.45) is 1.79. The lowest BCUT2D eigenvalue weighted by Gasteiger charge is -2.16. The number of benzene rings is 2. The lowest BCUT2D eigenvalue weighted by atomic mass is 10.00. The third-order valence-electron chi connectivity index (χ3n) is 3.69. The first kappa shape index (κ1) is 12.8. The predicted octanol–water partition coefficient (Wildman–Crippen LogP) is 2.82. The number of nitrogens with one attached hydrogen (secondary N) is 1. The van der Waals surface area contributed by atoms with Gasteiger partial charge in [-0.15, -0.1) is 5.10 Å². The Morgan fingerprint density at radius 2 is 1.95 bits per heavy atom. The minimum atomic E-state index is 0.274. The summed E-state index contributed by atoms with van der Waals surface area (Å²) in [5, 5.41) is 14.0. The first-order valence-corrected chi connectivity index (χ1v) is 6.80. The van der Waals surface area contributed by atoms with Gasteiger partial charge in [0.25, 0.3) is 0 Å². The van der Waals surface area contributed by atoms with Gasteiger partial charge in [0.2, 0.25) is 0 Å². The average Bonchev–Trinajstić information content (AvgIpc) is 2.89. The summed E-state index contributed by atoms with van der Waals surface area (Å²) in [5.74, 6) is 0. The van der Waals surface area contributed by atoms with Crippen LogP contribution in [0, 0.1) is 0 Å². The van der Waals surface area contributed by atoms with Crippen molar-refractivity contribution < 1.29 is 0 Å². The quantitative estimate of drug-likeness (QED) is 0.789. The Balaban J connectivity index is 1.82. The molecule has 0 radical (unpaired) electrons. The van der Waals surface area contributed by atoms with Crippen LogP contribution in [0.1, 0.15) is 24.2 Å². The maximum absolute atomic E-state index is 3.94. The third-order valence-corrected chi connectivity index (χ3v) is 3.69. The fraction of sp³-hybridized carbons (Fsp3) is 0.250. The zero-order valence-corrected chi connectivity index (χ0v) is 11.7. The molecule has 0 bridgehead atoms. The van der Waals surface area contributed by atoms with Crippen LogP contribution in [0.4, 0.5) is 0 Å². The Morgan fingerprint density at radius 1 is 1.15 bits per heavy atom. The summed E-state index contributed by atoms with van der Waals surface area (Å²) in [6, 6.07) is 15.2. The van der Waals surface area contributed by atoms with Crippen LogP contribution < -0.4 is 5.32 Å². The zero-order chi connectivity index (χ0) is 13.9. The van der Waals surface area contributed by atoms with Gasteiger partial charge in [-0.1, -0.05) is 47.7 Å². The molecule has 1 aromatic heterocycles. The van der Waals surface area contributed by atoms with Crippen molar-refractivity contribution in [1.82, 2.24) is 20.3 Å². The van der Waals surface area contributed by atoms with Gasteiger partial charge in [0.1, 0.15) is 0 Å². The van der Waals surface area contributed by atoms with Crippen LogP contribution in [0.2, 0.25) is 0 Å². The molecule has 0 fully saturated rings. The van der Waals surface area contributed by atoms with Crippen molar-refractivity contribution in [3.8, 4) is 0 Å². The molecule has 0 aliphatic heterocycles. The number of hydrogen-bond donors (Lipinski definition) is 1. The molecule has 3 rings (SSSR count). The molecule has 1 atom stereocenters. The van der Waals surface area contributed by atoms with Crippen LogP contribution >= 0.6 is 0 Å². The topological polar surface area (TPSA) is 42.7 Å². The molecule has 0 saturated carbocycles. The average molecular weight is 266 g/mol. The van der Waals surface area contributed by atoms with Crippen molar-refractivity contribution >= 4 is 10.8 Å². The highest BCUT2D eigenvalue weighted by Gasteiger charge is 2.09. The molecule has 1 unspecified atom stereocenters. The van der Waals surface area contributed by atoms with E-state index in [9.17, 15) is 0 Å². The number of fused-ring (bicyclic) bond motifs is 1. The maximum atomic E-state index is 3.94. The second-order valence-corrected chi connectivity index (χ2v) is 5.02. The first-order valence-electron chi connectivity index (χ1n) is 6.80. The fourth-order valence-corrected chi connectivity index (χ4v) is 2.47. The molecule has 0 spiro atoms. The zero-order valence-electron chi connectivity index (χ0n) is 11.7. The van der Waals surface area contributed by atoms with Crippen LogP contribution in [0.3, 0.4) is 0 Å². The van der Waals surface area contributed by atoms with Crippen LogP contribution in [0.25, 0.3) is 10.8 Å². The van der Waals surface area contributed by atoms with E-state index in [1.165, 1.54) is 16.3 Å². The lowest BCUT2D eigenvalue weighted by molar-refractivity contribution is 0.549. The van der Waals surface area contributed by atoms with Crippen LogP contribution in [0.5, 0.6) is 0 Å². The van der Waals surface area contributed by atoms with Gasteiger partial charge in [-0.2, -0.15) is 0 Å². The van der Waals surface area contributed by atoms with E-state index in [-0.39, 0.29) is 6.04 Å². The molecule has 1 heterocycles. The van der Waals surface area contributed by atoms with Crippen LogP contribution in [0.15, 0.2) is 48.7 Å². The summed E-state index contributed by atoms with van der Waals surface area (Å²) in [6.45, 7) is 2.94. The van der Waals surface area contributed by atoms with Gasteiger partial charge in [-0.3, -0.25) is 4.68 Å². The fourth-order valence-electron chi connectivity index (χ4n) is 2.47. The number of aromatic nitrogens is 3. The van der Waals surface area contributed by atoms with Gasteiger partial charge >= 0.3 is 0 Å². The monoisotopic (exact) mass is 266 g/mol. The van der Waals surface area contributed by atoms with E-state index >= 15 is 0 Å². The SMILES string of the molecule is CC(NCc1cnnn1C)c1cccc2ccccc12. The molecule has 0 aliphatic rings. The van der Waals surface area contributed by atoms with Crippen molar-refractivity contribution in [3.63, 3.8) is 0 Å². The Morgan fingerprint density at radius 3 is 2.75 bits per heavy atom. The van der Waals surface area contributed by atoms with Crippen molar-refractivity contribution in [3.05, 3.63) is 59.9 Å². The Kier molecular flexibility index (Phi) is 3.48. The molecular weight excluding hydrogens is 248 g/mol. The van der Waals surface area contributed by atoms with Gasteiger partial charge in [-0.25, -0.2) is 0 Å². The van der Waals surface area contributed by atoms with Gasteiger partial charge in [0.15, 0.2) is 0 Å². The van der Waals surface area contributed by atoms with Crippen molar-refractivity contribution in [2.45, 2.75) is 19.5 Å². The molecule has 102 valence electrons. The molecule has 0 saturated heterocycles. The highest BCUT2D eigenvalue weighted by molar-refractivity contribution is 5.86. The Bertz CT molecular complexity index is 712. The molecule has 20 heavy (non-hydrogen) atoms. The summed E-state index contributed by atoms with van der Waals surface area (Å²) in [7, 11) is 1.91. The second-order valence-electron chi connectivity index (χ2n) is 5.02. The molecule has 3 aromatic rings. The van der Waals surface area contributed by atoms with Gasteiger partial charge in [-0.05, 0) is 23.3 Å². The minimum absolute atomic E-state index is 0.274. The summed E-state index contributed by atoms with van der Waals surface area (Å²) in [5.41, 5.74) is 2.40. The minimum Gasteiger partial charge on any atom is -0.304 e. The third kappa shape index (κ3) is 2.42. The lowest BCUT2D eigenvalue weighted by Crippen LogP contribution is -2.20. The highest BCUT2D eigenvalue weighted by Crippen LogP contribution is 2.24. The van der Waals surface area contributed by atoms with Gasteiger partial charge < -0.3 is 5.32 Å². The summed E-state index contributed by atoms with van der Waals surface area (Å²) >= 11 is 0. The Labute approximate surface area is 118 Å². The van der Waals surface area contributed by atoms with E-state index in [2.05, 4.69) is 65.0 Å².